The summed E-state index contributed by atoms with van der Waals surface area (Å²) in [5.74, 6) is -0.0671. The van der Waals surface area contributed by atoms with E-state index in [1.807, 2.05) is 24.1 Å². The van der Waals surface area contributed by atoms with Crippen LogP contribution in [-0.2, 0) is 16.1 Å². The Morgan fingerprint density at radius 2 is 2.26 bits per heavy atom. The van der Waals surface area contributed by atoms with Gasteiger partial charge in [-0.3, -0.25) is 4.79 Å². The van der Waals surface area contributed by atoms with Gasteiger partial charge in [0.15, 0.2) is 0 Å². The molecular weight excluding hydrogens is 266 g/mol. The zero-order valence-corrected chi connectivity index (χ0v) is 12.0. The molecule has 0 aliphatic rings. The summed E-state index contributed by atoms with van der Waals surface area (Å²) < 4.78 is 4.87. The lowest BCUT2D eigenvalue weighted by molar-refractivity contribution is -0.119. The van der Waals surface area contributed by atoms with Crippen molar-refractivity contribution >= 4 is 23.2 Å². The van der Waals surface area contributed by atoms with Gasteiger partial charge in [0, 0.05) is 43.5 Å². The normalized spacial score (nSPS) is 10.3. The molecular formula is C13H20ClN3O2. The third-order valence-electron chi connectivity index (χ3n) is 2.72. The van der Waals surface area contributed by atoms with Crippen LogP contribution in [0.3, 0.4) is 0 Å². The smallest absolute Gasteiger partial charge is 0.239 e. The molecule has 5 nitrogen and oxygen atoms in total. The number of hydrogen-bond donors (Lipinski definition) is 2. The van der Waals surface area contributed by atoms with Crippen molar-refractivity contribution in [2.24, 2.45) is 5.73 Å². The van der Waals surface area contributed by atoms with Crippen LogP contribution in [0.5, 0.6) is 0 Å². The molecule has 0 aromatic heterocycles. The van der Waals surface area contributed by atoms with Crippen LogP contribution in [0.1, 0.15) is 5.56 Å². The molecule has 1 aromatic rings. The van der Waals surface area contributed by atoms with Crippen LogP contribution in [0.15, 0.2) is 18.2 Å². The second-order valence-electron chi connectivity index (χ2n) is 4.14. The number of halogens is 1. The summed E-state index contributed by atoms with van der Waals surface area (Å²) in [6, 6.07) is 5.53. The van der Waals surface area contributed by atoms with Crippen LogP contribution in [-0.4, -0.2) is 39.8 Å². The van der Waals surface area contributed by atoms with Crippen molar-refractivity contribution in [1.29, 1.82) is 0 Å². The number of rotatable bonds is 7. The fraction of sp³-hybridized carbons (Fsp3) is 0.462. The number of likely N-dealkylation sites (N-methyl/N-ethyl adjacent to an activating group) is 1. The van der Waals surface area contributed by atoms with E-state index >= 15 is 0 Å². The number of anilines is 1. The molecule has 0 heterocycles. The average Bonchev–Trinajstić information content (AvgIpc) is 2.38. The first-order valence-electron chi connectivity index (χ1n) is 6.04. The molecule has 19 heavy (non-hydrogen) atoms. The molecule has 0 spiro atoms. The largest absolute Gasteiger partial charge is 0.383 e. The summed E-state index contributed by atoms with van der Waals surface area (Å²) in [5.41, 5.74) is 7.41. The number of nitrogens with two attached hydrogens (primary N) is 1. The van der Waals surface area contributed by atoms with Gasteiger partial charge in [-0.05, 0) is 12.1 Å². The van der Waals surface area contributed by atoms with Crippen LogP contribution >= 0.6 is 11.6 Å². The van der Waals surface area contributed by atoms with E-state index in [1.165, 1.54) is 0 Å². The van der Waals surface area contributed by atoms with Crippen molar-refractivity contribution < 1.29 is 9.53 Å². The maximum absolute atomic E-state index is 11.7. The van der Waals surface area contributed by atoms with Crippen molar-refractivity contribution in [3.8, 4) is 0 Å². The fourth-order valence-electron chi connectivity index (χ4n) is 1.76. The van der Waals surface area contributed by atoms with E-state index in [0.717, 1.165) is 11.3 Å². The highest BCUT2D eigenvalue weighted by atomic mass is 35.5. The summed E-state index contributed by atoms with van der Waals surface area (Å²) in [7, 11) is 3.43. The summed E-state index contributed by atoms with van der Waals surface area (Å²) in [5, 5.41) is 3.38. The second kappa shape index (κ2) is 7.99. The topological polar surface area (TPSA) is 67.6 Å². The average molecular weight is 286 g/mol. The molecule has 3 N–H and O–H groups in total. The van der Waals surface area contributed by atoms with E-state index in [4.69, 9.17) is 22.1 Å². The van der Waals surface area contributed by atoms with Crippen molar-refractivity contribution in [1.82, 2.24) is 5.32 Å². The quantitative estimate of drug-likeness (QED) is 0.734. The molecule has 0 unspecified atom stereocenters. The van der Waals surface area contributed by atoms with Crippen molar-refractivity contribution in [2.45, 2.75) is 6.54 Å². The molecule has 1 aromatic carbocycles. The molecule has 0 saturated carbocycles. The van der Waals surface area contributed by atoms with Gasteiger partial charge in [-0.2, -0.15) is 0 Å². The summed E-state index contributed by atoms with van der Waals surface area (Å²) in [4.78, 5) is 13.5. The van der Waals surface area contributed by atoms with E-state index in [9.17, 15) is 4.79 Å². The van der Waals surface area contributed by atoms with Crippen LogP contribution in [0.2, 0.25) is 5.02 Å². The number of benzene rings is 1. The number of nitrogens with zero attached hydrogens (tertiary/aromatic N) is 1. The highest BCUT2D eigenvalue weighted by Gasteiger charge is 2.12. The maximum atomic E-state index is 11.7. The van der Waals surface area contributed by atoms with Gasteiger partial charge in [0.05, 0.1) is 13.2 Å². The summed E-state index contributed by atoms with van der Waals surface area (Å²) in [6.07, 6.45) is 0. The lowest BCUT2D eigenvalue weighted by Crippen LogP contribution is -2.37. The van der Waals surface area contributed by atoms with Gasteiger partial charge in [-0.15, -0.1) is 0 Å². The number of methoxy groups -OCH3 is 1. The zero-order chi connectivity index (χ0) is 14.3. The van der Waals surface area contributed by atoms with Gasteiger partial charge in [-0.1, -0.05) is 17.7 Å². The van der Waals surface area contributed by atoms with Crippen LogP contribution in [0.4, 0.5) is 5.69 Å². The molecule has 0 saturated heterocycles. The Balaban J connectivity index is 2.65. The Morgan fingerprint density at radius 3 is 2.89 bits per heavy atom. The molecule has 6 heteroatoms. The lowest BCUT2D eigenvalue weighted by atomic mass is 10.1. The Morgan fingerprint density at radius 1 is 1.53 bits per heavy atom. The van der Waals surface area contributed by atoms with E-state index in [1.54, 1.807) is 13.2 Å². The molecule has 0 bridgehead atoms. The monoisotopic (exact) mass is 285 g/mol. The van der Waals surface area contributed by atoms with Gasteiger partial charge < -0.3 is 20.7 Å². The number of carbonyl (C=O) groups excluding carboxylic acids is 1. The van der Waals surface area contributed by atoms with Gasteiger partial charge in [0.2, 0.25) is 5.91 Å². The molecule has 0 fully saturated rings. The van der Waals surface area contributed by atoms with Crippen molar-refractivity contribution in [2.75, 3.05) is 38.8 Å². The Hall–Kier alpha value is -1.30. The Labute approximate surface area is 118 Å². The number of amides is 1. The third-order valence-corrected chi connectivity index (χ3v) is 3.07. The minimum atomic E-state index is -0.0671. The lowest BCUT2D eigenvalue weighted by Gasteiger charge is -2.22. The van der Waals surface area contributed by atoms with E-state index in [-0.39, 0.29) is 12.5 Å². The molecule has 0 radical (unpaired) electrons. The van der Waals surface area contributed by atoms with E-state index in [0.29, 0.717) is 24.7 Å². The van der Waals surface area contributed by atoms with E-state index in [2.05, 4.69) is 5.32 Å². The Kier molecular flexibility index (Phi) is 6.62. The van der Waals surface area contributed by atoms with Crippen LogP contribution < -0.4 is 16.0 Å². The predicted octanol–water partition coefficient (Wildman–Crippen LogP) is 0.997. The van der Waals surface area contributed by atoms with Gasteiger partial charge >= 0.3 is 0 Å². The molecule has 0 aliphatic heterocycles. The number of ether oxygens (including phenoxy) is 1. The van der Waals surface area contributed by atoms with Crippen LogP contribution in [0.25, 0.3) is 0 Å². The standard InChI is InChI=1S/C13H20ClN3O2/c1-17(9-13(18)16-6-7-19-2)12-5-3-4-11(14)10(12)8-15/h3-5H,6-9,15H2,1-2H3,(H,16,18). The molecule has 0 aliphatic carbocycles. The first-order chi connectivity index (χ1) is 9.10. The van der Waals surface area contributed by atoms with Crippen molar-refractivity contribution in [3.63, 3.8) is 0 Å². The van der Waals surface area contributed by atoms with E-state index < -0.39 is 0 Å². The van der Waals surface area contributed by atoms with Gasteiger partial charge in [0.1, 0.15) is 0 Å². The highest BCUT2D eigenvalue weighted by Crippen LogP contribution is 2.26. The SMILES string of the molecule is COCCNC(=O)CN(C)c1cccc(Cl)c1CN. The van der Waals surface area contributed by atoms with Crippen LogP contribution in [0, 0.1) is 0 Å². The van der Waals surface area contributed by atoms with Gasteiger partial charge in [-0.25, -0.2) is 0 Å². The predicted molar refractivity (Wildman–Crippen MR) is 77.5 cm³/mol. The van der Waals surface area contributed by atoms with Gasteiger partial charge in [0.25, 0.3) is 0 Å². The third kappa shape index (κ3) is 4.70. The number of carbonyl (C=O) groups is 1. The second-order valence-corrected chi connectivity index (χ2v) is 4.55. The maximum Gasteiger partial charge on any atom is 0.239 e. The molecule has 106 valence electrons. The fourth-order valence-corrected chi connectivity index (χ4v) is 2.00. The minimum absolute atomic E-state index is 0.0671. The first kappa shape index (κ1) is 15.8. The minimum Gasteiger partial charge on any atom is -0.383 e. The summed E-state index contributed by atoms with van der Waals surface area (Å²) in [6.45, 7) is 1.59. The first-order valence-corrected chi connectivity index (χ1v) is 6.42. The number of nitrogens with one attached hydrogen (secondary N) is 1. The molecule has 1 amide bonds. The highest BCUT2D eigenvalue weighted by molar-refractivity contribution is 6.31. The summed E-state index contributed by atoms with van der Waals surface area (Å²) >= 11 is 6.09. The zero-order valence-electron chi connectivity index (χ0n) is 11.3. The number of hydrogen-bond acceptors (Lipinski definition) is 4. The Bertz CT molecular complexity index is 426. The molecule has 0 atom stereocenters. The molecule has 1 rings (SSSR count). The van der Waals surface area contributed by atoms with Crippen molar-refractivity contribution in [3.05, 3.63) is 28.8 Å².